The van der Waals surface area contributed by atoms with Gasteiger partial charge in [-0.25, -0.2) is 24.1 Å². The zero-order valence-corrected chi connectivity index (χ0v) is 17.9. The summed E-state index contributed by atoms with van der Waals surface area (Å²) in [7, 11) is 0. The molecule has 0 atom stereocenters. The van der Waals surface area contributed by atoms with Gasteiger partial charge in [0.05, 0.1) is 23.3 Å². The first-order valence-corrected chi connectivity index (χ1v) is 11.1. The molecule has 166 valence electrons. The summed E-state index contributed by atoms with van der Waals surface area (Å²) < 4.78 is 20.0. The molecule has 8 heteroatoms. The summed E-state index contributed by atoms with van der Waals surface area (Å²) in [5, 5.41) is 0. The van der Waals surface area contributed by atoms with Gasteiger partial charge in [0.1, 0.15) is 23.6 Å². The quantitative estimate of drug-likeness (QED) is 0.470. The van der Waals surface area contributed by atoms with Gasteiger partial charge in [-0.3, -0.25) is 4.90 Å². The number of carbonyl (C=O) groups excluding carboxylic acids is 1. The van der Waals surface area contributed by atoms with E-state index in [4.69, 9.17) is 9.72 Å². The van der Waals surface area contributed by atoms with Crippen molar-refractivity contribution >= 4 is 22.8 Å². The number of carbonyl (C=O) groups is 1. The third-order valence-corrected chi connectivity index (χ3v) is 6.79. The average Bonchev–Trinajstić information content (AvgIpc) is 3.41. The first-order valence-electron chi connectivity index (χ1n) is 11.1. The highest BCUT2D eigenvalue weighted by Gasteiger charge is 2.48. The second-order valence-corrected chi connectivity index (χ2v) is 8.84. The Kier molecular flexibility index (Phi) is 4.60. The summed E-state index contributed by atoms with van der Waals surface area (Å²) in [6, 6.07) is 12.4. The Hall–Kier alpha value is -3.81. The number of ether oxygens (including phenoxy) is 1. The summed E-state index contributed by atoms with van der Waals surface area (Å²) in [6.45, 7) is 0.377. The van der Waals surface area contributed by atoms with Crippen molar-refractivity contribution in [1.29, 1.82) is 0 Å². The lowest BCUT2D eigenvalue weighted by atomic mass is 9.78. The minimum absolute atomic E-state index is 0.257. The second kappa shape index (κ2) is 7.65. The number of imidazole rings is 1. The molecule has 1 N–H and O–H groups in total. The number of para-hydroxylation sites is 1. The highest BCUT2D eigenvalue weighted by atomic mass is 19.1. The molecule has 1 aliphatic carbocycles. The lowest BCUT2D eigenvalue weighted by Gasteiger charge is -2.34. The van der Waals surface area contributed by atoms with Gasteiger partial charge >= 0.3 is 6.09 Å². The number of hydrogen-bond donors (Lipinski definition) is 1. The van der Waals surface area contributed by atoms with Crippen LogP contribution in [0.25, 0.3) is 22.2 Å². The summed E-state index contributed by atoms with van der Waals surface area (Å²) in [6.07, 6.45) is 7.75. The maximum atomic E-state index is 14.2. The minimum Gasteiger partial charge on any atom is -0.441 e. The number of aromatic nitrogens is 4. The van der Waals surface area contributed by atoms with Crippen LogP contribution in [0.2, 0.25) is 0 Å². The average molecular weight is 443 g/mol. The summed E-state index contributed by atoms with van der Waals surface area (Å²) in [5.41, 5.74) is 3.58. The highest BCUT2D eigenvalue weighted by molar-refractivity contribution is 5.90. The molecule has 2 aliphatic rings. The van der Waals surface area contributed by atoms with E-state index in [1.807, 2.05) is 18.2 Å². The van der Waals surface area contributed by atoms with Crippen molar-refractivity contribution in [3.8, 4) is 11.1 Å². The monoisotopic (exact) mass is 443 g/mol. The number of benzene rings is 2. The number of hydrogen-bond acceptors (Lipinski definition) is 5. The van der Waals surface area contributed by atoms with Gasteiger partial charge in [-0.15, -0.1) is 0 Å². The molecule has 1 spiro atoms. The second-order valence-electron chi connectivity index (χ2n) is 8.84. The van der Waals surface area contributed by atoms with Crippen molar-refractivity contribution in [3.05, 3.63) is 72.8 Å². The fourth-order valence-corrected chi connectivity index (χ4v) is 5.00. The molecular weight excluding hydrogens is 421 g/mol. The van der Waals surface area contributed by atoms with E-state index in [-0.39, 0.29) is 11.6 Å². The number of halogens is 1. The molecule has 1 aliphatic heterocycles. The maximum Gasteiger partial charge on any atom is 0.415 e. The Morgan fingerprint density at radius 3 is 2.64 bits per heavy atom. The summed E-state index contributed by atoms with van der Waals surface area (Å²) >= 11 is 0. The fourth-order valence-electron chi connectivity index (χ4n) is 5.00. The molecule has 2 aromatic carbocycles. The number of nitrogens with one attached hydrogen (secondary N) is 1. The van der Waals surface area contributed by atoms with Crippen molar-refractivity contribution in [2.75, 3.05) is 11.4 Å². The number of H-pyrrole nitrogens is 1. The van der Waals surface area contributed by atoms with E-state index in [2.05, 4.69) is 15.0 Å². The van der Waals surface area contributed by atoms with Gasteiger partial charge in [-0.1, -0.05) is 18.2 Å². The molecule has 0 radical (unpaired) electrons. The molecule has 0 bridgehead atoms. The predicted octanol–water partition coefficient (Wildman–Crippen LogP) is 5.21. The van der Waals surface area contributed by atoms with Crippen LogP contribution in [-0.4, -0.2) is 38.2 Å². The van der Waals surface area contributed by atoms with Gasteiger partial charge in [0, 0.05) is 23.9 Å². The molecule has 1 saturated heterocycles. The zero-order chi connectivity index (χ0) is 22.4. The van der Waals surface area contributed by atoms with E-state index in [0.717, 1.165) is 53.7 Å². The number of aromatic amines is 1. The van der Waals surface area contributed by atoms with Crippen LogP contribution in [0.3, 0.4) is 0 Å². The molecule has 3 heterocycles. The van der Waals surface area contributed by atoms with Crippen LogP contribution < -0.4 is 4.90 Å². The van der Waals surface area contributed by atoms with E-state index >= 15 is 0 Å². The molecule has 6 rings (SSSR count). The van der Waals surface area contributed by atoms with Crippen LogP contribution in [0.4, 0.5) is 14.9 Å². The van der Waals surface area contributed by atoms with Crippen LogP contribution in [-0.2, 0) is 4.74 Å². The van der Waals surface area contributed by atoms with E-state index in [9.17, 15) is 9.18 Å². The molecule has 2 fully saturated rings. The topological polar surface area (TPSA) is 84.0 Å². The molecule has 2 aromatic heterocycles. The number of nitrogens with zero attached hydrogens (tertiary/aromatic N) is 4. The lowest BCUT2D eigenvalue weighted by molar-refractivity contribution is 0.0208. The van der Waals surface area contributed by atoms with Crippen LogP contribution in [0.5, 0.6) is 0 Å². The number of rotatable bonds is 3. The first-order chi connectivity index (χ1) is 16.1. The molecular formula is C25H22FN5O2. The minimum atomic E-state index is -0.567. The van der Waals surface area contributed by atoms with Gasteiger partial charge < -0.3 is 9.72 Å². The third-order valence-electron chi connectivity index (χ3n) is 6.79. The van der Waals surface area contributed by atoms with E-state index in [0.29, 0.717) is 6.54 Å². The Morgan fingerprint density at radius 2 is 1.85 bits per heavy atom. The van der Waals surface area contributed by atoms with Gasteiger partial charge in [-0.2, -0.15) is 0 Å². The standard InChI is InChI=1S/C25H22FN5O2/c26-19-3-1-2-4-22(19)31-14-25(33-24(31)32)9-7-16(8-10-25)23-29-20-6-5-17(11-21(20)30-23)18-12-27-15-28-13-18/h1-6,11-13,15-16H,7-10,14H2,(H,29,30)/t16-,25-. The Balaban J connectivity index is 1.19. The SMILES string of the molecule is O=C1O[C@]2(CC[C@H](c3nc4cc(-c5cncnc5)ccc4[nH]3)CC2)CN1c1ccccc1F. The maximum absolute atomic E-state index is 14.2. The van der Waals surface area contributed by atoms with Crippen molar-refractivity contribution in [1.82, 2.24) is 19.9 Å². The first kappa shape index (κ1) is 19.8. The van der Waals surface area contributed by atoms with E-state index < -0.39 is 17.5 Å². The van der Waals surface area contributed by atoms with Gasteiger partial charge in [0.2, 0.25) is 0 Å². The van der Waals surface area contributed by atoms with E-state index in [1.165, 1.54) is 17.3 Å². The fraction of sp³-hybridized carbons (Fsp3) is 0.280. The highest BCUT2D eigenvalue weighted by Crippen LogP contribution is 2.44. The molecule has 0 unspecified atom stereocenters. The molecule has 33 heavy (non-hydrogen) atoms. The van der Waals surface area contributed by atoms with Crippen molar-refractivity contribution in [3.63, 3.8) is 0 Å². The van der Waals surface area contributed by atoms with Crippen LogP contribution in [0, 0.1) is 5.82 Å². The Bertz CT molecular complexity index is 1330. The van der Waals surface area contributed by atoms with Gasteiger partial charge in [0.15, 0.2) is 0 Å². The van der Waals surface area contributed by atoms with Crippen LogP contribution in [0.15, 0.2) is 61.2 Å². The number of fused-ring (bicyclic) bond motifs is 1. The third kappa shape index (κ3) is 3.51. The largest absolute Gasteiger partial charge is 0.441 e. The molecule has 4 aromatic rings. The predicted molar refractivity (Wildman–Crippen MR) is 121 cm³/mol. The normalized spacial score (nSPS) is 22.8. The molecule has 7 nitrogen and oxygen atoms in total. The van der Waals surface area contributed by atoms with Crippen LogP contribution in [0.1, 0.15) is 37.4 Å². The molecule has 1 amide bonds. The van der Waals surface area contributed by atoms with Gasteiger partial charge in [-0.05, 0) is 55.5 Å². The van der Waals surface area contributed by atoms with Crippen molar-refractivity contribution in [2.45, 2.75) is 37.2 Å². The van der Waals surface area contributed by atoms with Crippen LogP contribution >= 0.6 is 0 Å². The van der Waals surface area contributed by atoms with Gasteiger partial charge in [0.25, 0.3) is 0 Å². The lowest BCUT2D eigenvalue weighted by Crippen LogP contribution is -2.38. The number of anilines is 1. The zero-order valence-electron chi connectivity index (χ0n) is 17.9. The summed E-state index contributed by atoms with van der Waals surface area (Å²) in [5.74, 6) is 0.799. The van der Waals surface area contributed by atoms with E-state index in [1.54, 1.807) is 30.6 Å². The summed E-state index contributed by atoms with van der Waals surface area (Å²) in [4.78, 5) is 30.5. The van der Waals surface area contributed by atoms with Crippen molar-refractivity contribution < 1.29 is 13.9 Å². The Labute approximate surface area is 189 Å². The molecule has 1 saturated carbocycles. The van der Waals surface area contributed by atoms with Crippen molar-refractivity contribution in [2.24, 2.45) is 0 Å². The number of amides is 1. The Morgan fingerprint density at radius 1 is 1.06 bits per heavy atom. The smallest absolute Gasteiger partial charge is 0.415 e.